The summed E-state index contributed by atoms with van der Waals surface area (Å²) in [6.07, 6.45) is 2.38. The van der Waals surface area contributed by atoms with Gasteiger partial charge >= 0.3 is 5.97 Å². The summed E-state index contributed by atoms with van der Waals surface area (Å²) in [4.78, 5) is 16.9. The summed E-state index contributed by atoms with van der Waals surface area (Å²) >= 11 is 1.53. The highest BCUT2D eigenvalue weighted by Crippen LogP contribution is 2.35. The molecule has 0 N–H and O–H groups in total. The Balaban J connectivity index is 2.15. The van der Waals surface area contributed by atoms with Crippen molar-refractivity contribution in [3.05, 3.63) is 15.6 Å². The highest BCUT2D eigenvalue weighted by Gasteiger charge is 2.28. The number of ether oxygens (including phenoxy) is 2. The molecule has 0 radical (unpaired) electrons. The number of aryl methyl sites for hydroxylation is 1. The Hall–Kier alpha value is -0.940. The summed E-state index contributed by atoms with van der Waals surface area (Å²) in [5, 5.41) is 0.898. The SMILES string of the molecule is CCOC(=O)c1nc(C2CCC(C)O2)sc1C. The minimum atomic E-state index is -0.335. The van der Waals surface area contributed by atoms with Crippen molar-refractivity contribution in [3.8, 4) is 0 Å². The highest BCUT2D eigenvalue weighted by molar-refractivity contribution is 7.11. The van der Waals surface area contributed by atoms with Crippen molar-refractivity contribution >= 4 is 17.3 Å². The number of thiazole rings is 1. The average Bonchev–Trinajstić information content (AvgIpc) is 2.85. The van der Waals surface area contributed by atoms with Crippen LogP contribution in [0.2, 0.25) is 0 Å². The number of aromatic nitrogens is 1. The Bertz CT molecular complexity index is 416. The Morgan fingerprint density at radius 1 is 1.59 bits per heavy atom. The number of esters is 1. The van der Waals surface area contributed by atoms with Crippen molar-refractivity contribution in [2.24, 2.45) is 0 Å². The van der Waals surface area contributed by atoms with Gasteiger partial charge in [0.05, 0.1) is 12.7 Å². The van der Waals surface area contributed by atoms with E-state index in [9.17, 15) is 4.79 Å². The van der Waals surface area contributed by atoms with E-state index in [4.69, 9.17) is 9.47 Å². The first-order valence-electron chi connectivity index (χ1n) is 5.91. The van der Waals surface area contributed by atoms with Crippen LogP contribution in [0.3, 0.4) is 0 Å². The van der Waals surface area contributed by atoms with Crippen LogP contribution in [-0.4, -0.2) is 23.7 Å². The lowest BCUT2D eigenvalue weighted by Crippen LogP contribution is -2.07. The summed E-state index contributed by atoms with van der Waals surface area (Å²) in [6, 6.07) is 0. The summed E-state index contributed by atoms with van der Waals surface area (Å²) in [6.45, 7) is 6.13. The first-order valence-corrected chi connectivity index (χ1v) is 6.73. The molecule has 0 bridgehead atoms. The van der Waals surface area contributed by atoms with Gasteiger partial charge in [0.15, 0.2) is 5.69 Å². The van der Waals surface area contributed by atoms with Gasteiger partial charge in [0.1, 0.15) is 11.1 Å². The molecule has 0 spiro atoms. The zero-order chi connectivity index (χ0) is 12.4. The third-order valence-electron chi connectivity index (χ3n) is 2.79. The molecule has 2 atom stereocenters. The largest absolute Gasteiger partial charge is 0.461 e. The van der Waals surface area contributed by atoms with E-state index < -0.39 is 0 Å². The maximum atomic E-state index is 11.6. The van der Waals surface area contributed by atoms with E-state index in [2.05, 4.69) is 11.9 Å². The van der Waals surface area contributed by atoms with Gasteiger partial charge in [0, 0.05) is 4.88 Å². The second-order valence-electron chi connectivity index (χ2n) is 4.19. The fourth-order valence-corrected chi connectivity index (χ4v) is 2.91. The Kier molecular flexibility index (Phi) is 3.79. The van der Waals surface area contributed by atoms with Crippen LogP contribution in [0.5, 0.6) is 0 Å². The van der Waals surface area contributed by atoms with Crippen molar-refractivity contribution in [3.63, 3.8) is 0 Å². The van der Waals surface area contributed by atoms with E-state index in [0.717, 1.165) is 22.7 Å². The number of carbonyl (C=O) groups excluding carboxylic acids is 1. The monoisotopic (exact) mass is 255 g/mol. The average molecular weight is 255 g/mol. The molecule has 0 saturated carbocycles. The standard InChI is InChI=1S/C12H17NO3S/c1-4-15-12(14)10-8(3)17-11(13-10)9-6-5-7(2)16-9/h7,9H,4-6H2,1-3H3. The summed E-state index contributed by atoms with van der Waals surface area (Å²) in [5.41, 5.74) is 0.440. The molecule has 1 fully saturated rings. The van der Waals surface area contributed by atoms with Gasteiger partial charge in [-0.2, -0.15) is 0 Å². The lowest BCUT2D eigenvalue weighted by Gasteiger charge is -2.06. The van der Waals surface area contributed by atoms with Crippen LogP contribution in [-0.2, 0) is 9.47 Å². The van der Waals surface area contributed by atoms with Gasteiger partial charge < -0.3 is 9.47 Å². The van der Waals surface area contributed by atoms with Crippen molar-refractivity contribution in [1.29, 1.82) is 0 Å². The van der Waals surface area contributed by atoms with Crippen LogP contribution in [0.25, 0.3) is 0 Å². The molecule has 2 unspecified atom stereocenters. The van der Waals surface area contributed by atoms with E-state index in [1.165, 1.54) is 11.3 Å². The smallest absolute Gasteiger partial charge is 0.358 e. The number of carbonyl (C=O) groups is 1. The molecule has 17 heavy (non-hydrogen) atoms. The Morgan fingerprint density at radius 3 is 2.94 bits per heavy atom. The molecule has 0 aromatic carbocycles. The molecule has 2 heterocycles. The molecule has 5 heteroatoms. The maximum Gasteiger partial charge on any atom is 0.358 e. The van der Waals surface area contributed by atoms with Gasteiger partial charge in [-0.15, -0.1) is 11.3 Å². The van der Waals surface area contributed by atoms with Gasteiger partial charge in [-0.1, -0.05) is 0 Å². The molecule has 1 aromatic heterocycles. The fourth-order valence-electron chi connectivity index (χ4n) is 1.93. The van der Waals surface area contributed by atoms with Crippen molar-refractivity contribution in [1.82, 2.24) is 4.98 Å². The van der Waals surface area contributed by atoms with Crippen LogP contribution in [0, 0.1) is 6.92 Å². The first-order chi connectivity index (χ1) is 8.11. The quantitative estimate of drug-likeness (QED) is 0.779. The third kappa shape index (κ3) is 2.66. The minimum absolute atomic E-state index is 0.0527. The Labute approximate surface area is 105 Å². The predicted molar refractivity (Wildman–Crippen MR) is 65.3 cm³/mol. The topological polar surface area (TPSA) is 48.4 Å². The second-order valence-corrected chi connectivity index (χ2v) is 5.42. The predicted octanol–water partition coefficient (Wildman–Crippen LogP) is 2.87. The number of hydrogen-bond donors (Lipinski definition) is 0. The lowest BCUT2D eigenvalue weighted by atomic mass is 10.2. The third-order valence-corrected chi connectivity index (χ3v) is 3.85. The van der Waals surface area contributed by atoms with Gasteiger partial charge in [-0.25, -0.2) is 9.78 Å². The van der Waals surface area contributed by atoms with Crippen molar-refractivity contribution in [2.75, 3.05) is 6.61 Å². The van der Waals surface area contributed by atoms with Gasteiger partial charge in [-0.05, 0) is 33.6 Å². The van der Waals surface area contributed by atoms with Crippen LogP contribution < -0.4 is 0 Å². The van der Waals surface area contributed by atoms with Crippen LogP contribution in [0.1, 0.15) is 53.2 Å². The maximum absolute atomic E-state index is 11.6. The molecule has 0 amide bonds. The molecule has 0 aliphatic carbocycles. The van der Waals surface area contributed by atoms with Crippen molar-refractivity contribution < 1.29 is 14.3 Å². The fraction of sp³-hybridized carbons (Fsp3) is 0.667. The van der Waals surface area contributed by atoms with E-state index in [1.54, 1.807) is 6.92 Å². The molecular formula is C12H17NO3S. The van der Waals surface area contributed by atoms with E-state index in [-0.39, 0.29) is 18.2 Å². The number of rotatable bonds is 3. The van der Waals surface area contributed by atoms with Gasteiger partial charge in [0.25, 0.3) is 0 Å². The molecule has 1 aliphatic heterocycles. The van der Waals surface area contributed by atoms with Gasteiger partial charge in [0.2, 0.25) is 0 Å². The van der Waals surface area contributed by atoms with Crippen LogP contribution in [0.4, 0.5) is 0 Å². The number of hydrogen-bond acceptors (Lipinski definition) is 5. The molecule has 2 rings (SSSR count). The molecule has 1 aromatic rings. The highest BCUT2D eigenvalue weighted by atomic mass is 32.1. The lowest BCUT2D eigenvalue weighted by molar-refractivity contribution is 0.0507. The summed E-state index contributed by atoms with van der Waals surface area (Å²) in [7, 11) is 0. The Morgan fingerprint density at radius 2 is 2.35 bits per heavy atom. The zero-order valence-corrected chi connectivity index (χ0v) is 11.2. The normalized spacial score (nSPS) is 23.9. The van der Waals surface area contributed by atoms with E-state index in [0.29, 0.717) is 12.3 Å². The molecule has 94 valence electrons. The van der Waals surface area contributed by atoms with Gasteiger partial charge in [-0.3, -0.25) is 0 Å². The minimum Gasteiger partial charge on any atom is -0.461 e. The van der Waals surface area contributed by atoms with Crippen molar-refractivity contribution in [2.45, 2.75) is 45.8 Å². The number of nitrogens with zero attached hydrogens (tertiary/aromatic N) is 1. The molecule has 1 aliphatic rings. The summed E-state index contributed by atoms with van der Waals surface area (Å²) in [5.74, 6) is -0.335. The van der Waals surface area contributed by atoms with Crippen LogP contribution in [0.15, 0.2) is 0 Å². The molecule has 4 nitrogen and oxygen atoms in total. The summed E-state index contributed by atoms with van der Waals surface area (Å²) < 4.78 is 10.7. The van der Waals surface area contributed by atoms with E-state index >= 15 is 0 Å². The van der Waals surface area contributed by atoms with Crippen LogP contribution >= 0.6 is 11.3 Å². The molecular weight excluding hydrogens is 238 g/mol. The zero-order valence-electron chi connectivity index (χ0n) is 10.4. The second kappa shape index (κ2) is 5.14. The first kappa shape index (κ1) is 12.5. The van der Waals surface area contributed by atoms with E-state index in [1.807, 2.05) is 6.92 Å². The molecule has 1 saturated heterocycles.